The van der Waals surface area contributed by atoms with Gasteiger partial charge >= 0.3 is 0 Å². The summed E-state index contributed by atoms with van der Waals surface area (Å²) in [5.41, 5.74) is 0. The van der Waals surface area contributed by atoms with Gasteiger partial charge in [0.05, 0.1) is 0 Å². The minimum atomic E-state index is 0.509. The monoisotopic (exact) mass is 122 g/mol. The standard InChI is InChI=1S/C6H4NS/c8-6-4-2-1-3-5-7-6/h1-3,5H. The number of hydrogen-bond acceptors (Lipinski definition) is 2. The van der Waals surface area contributed by atoms with E-state index in [1.54, 1.807) is 12.3 Å². The van der Waals surface area contributed by atoms with Gasteiger partial charge < -0.3 is 0 Å². The third-order valence-electron chi connectivity index (χ3n) is 0.692. The first-order chi connectivity index (χ1) is 3.89. The summed E-state index contributed by atoms with van der Waals surface area (Å²) >= 11 is 4.71. The van der Waals surface area contributed by atoms with Crippen LogP contribution in [0, 0.1) is 10.7 Å². The first-order valence-electron chi connectivity index (χ1n) is 2.22. The lowest BCUT2D eigenvalue weighted by Crippen LogP contribution is -1.57. The van der Waals surface area contributed by atoms with Crippen LogP contribution in [-0.2, 0) is 0 Å². The smallest absolute Gasteiger partial charge is 0.134 e. The molecular weight excluding hydrogens is 118 g/mol. The number of rotatable bonds is 0. The maximum atomic E-state index is 4.71. The summed E-state index contributed by atoms with van der Waals surface area (Å²) in [6.07, 6.45) is 1.65. The summed E-state index contributed by atoms with van der Waals surface area (Å²) < 4.78 is 0.509. The van der Waals surface area contributed by atoms with Crippen LogP contribution in [0.3, 0.4) is 0 Å². The van der Waals surface area contributed by atoms with Crippen molar-refractivity contribution >= 4 is 12.2 Å². The molecule has 39 valence electrons. The lowest BCUT2D eigenvalue weighted by atomic mass is 10.5. The van der Waals surface area contributed by atoms with Gasteiger partial charge in [0.15, 0.2) is 0 Å². The Balaban J connectivity index is 3.32. The zero-order chi connectivity index (χ0) is 5.82. The van der Waals surface area contributed by atoms with E-state index in [2.05, 4.69) is 11.1 Å². The molecule has 0 N–H and O–H groups in total. The predicted octanol–water partition coefficient (Wildman–Crippen LogP) is 1.61. The molecule has 0 aromatic carbocycles. The van der Waals surface area contributed by atoms with Gasteiger partial charge in [0.2, 0.25) is 0 Å². The molecule has 2 heteroatoms. The normalized spacial score (nSPS) is 8.50. The van der Waals surface area contributed by atoms with Crippen LogP contribution >= 0.6 is 12.2 Å². The second kappa shape index (κ2) is 2.52. The van der Waals surface area contributed by atoms with Gasteiger partial charge in [0, 0.05) is 12.3 Å². The molecule has 0 amide bonds. The lowest BCUT2D eigenvalue weighted by molar-refractivity contribution is 1.33. The zero-order valence-electron chi connectivity index (χ0n) is 4.16. The van der Waals surface area contributed by atoms with Crippen LogP contribution < -0.4 is 0 Å². The van der Waals surface area contributed by atoms with Gasteiger partial charge in [-0.3, -0.25) is 0 Å². The summed E-state index contributed by atoms with van der Waals surface area (Å²) in [7, 11) is 0. The van der Waals surface area contributed by atoms with Crippen molar-refractivity contribution in [2.45, 2.75) is 0 Å². The van der Waals surface area contributed by atoms with Crippen molar-refractivity contribution in [1.82, 2.24) is 4.98 Å². The molecule has 0 spiro atoms. The van der Waals surface area contributed by atoms with Crippen LogP contribution in [0.1, 0.15) is 0 Å². The van der Waals surface area contributed by atoms with Crippen LogP contribution in [0.15, 0.2) is 24.4 Å². The van der Waals surface area contributed by atoms with E-state index < -0.39 is 0 Å². The van der Waals surface area contributed by atoms with Gasteiger partial charge in [-0.2, -0.15) is 0 Å². The average Bonchev–Trinajstić information content (AvgIpc) is 1.94. The van der Waals surface area contributed by atoms with Gasteiger partial charge in [-0.05, 0) is 6.07 Å². The topological polar surface area (TPSA) is 12.9 Å². The molecule has 1 nitrogen and oxygen atoms in total. The van der Waals surface area contributed by atoms with Gasteiger partial charge in [0.1, 0.15) is 4.64 Å². The molecule has 0 atom stereocenters. The van der Waals surface area contributed by atoms with E-state index in [1.807, 2.05) is 12.1 Å². The minimum Gasteiger partial charge on any atom is -0.245 e. The molecule has 0 bridgehead atoms. The van der Waals surface area contributed by atoms with E-state index in [0.717, 1.165) is 0 Å². The quantitative estimate of drug-likeness (QED) is 0.485. The highest BCUT2D eigenvalue weighted by Crippen LogP contribution is 1.79. The van der Waals surface area contributed by atoms with Crippen molar-refractivity contribution in [2.24, 2.45) is 0 Å². The van der Waals surface area contributed by atoms with Crippen molar-refractivity contribution in [1.29, 1.82) is 0 Å². The zero-order valence-corrected chi connectivity index (χ0v) is 4.98. The highest BCUT2D eigenvalue weighted by Gasteiger charge is 1.68. The maximum absolute atomic E-state index is 4.71. The van der Waals surface area contributed by atoms with Crippen molar-refractivity contribution in [2.75, 3.05) is 0 Å². The highest BCUT2D eigenvalue weighted by molar-refractivity contribution is 7.71. The fourth-order valence-corrected chi connectivity index (χ4v) is 0.502. The molecular formula is C6H4NS. The molecule has 1 aromatic heterocycles. The average molecular weight is 122 g/mol. The van der Waals surface area contributed by atoms with Crippen LogP contribution in [0.5, 0.6) is 0 Å². The van der Waals surface area contributed by atoms with E-state index in [0.29, 0.717) is 4.64 Å². The van der Waals surface area contributed by atoms with Crippen molar-refractivity contribution in [3.05, 3.63) is 35.1 Å². The second-order valence-electron chi connectivity index (χ2n) is 1.28. The predicted molar refractivity (Wildman–Crippen MR) is 33.9 cm³/mol. The number of nitrogens with zero attached hydrogens (tertiary/aromatic N) is 1. The Hall–Kier alpha value is -0.760. The molecule has 8 heavy (non-hydrogen) atoms. The number of hydrogen-bond donors (Lipinski definition) is 0. The Labute approximate surface area is 53.0 Å². The summed E-state index contributed by atoms with van der Waals surface area (Å²) in [4.78, 5) is 3.80. The molecule has 0 fully saturated rings. The lowest BCUT2D eigenvalue weighted by Gasteiger charge is -1.59. The third-order valence-corrected chi connectivity index (χ3v) is 0.915. The first kappa shape index (κ1) is 5.38. The molecule has 1 heterocycles. The Kier molecular flexibility index (Phi) is 1.70. The van der Waals surface area contributed by atoms with Crippen LogP contribution in [0.25, 0.3) is 0 Å². The SMILES string of the molecule is S=c1[c]ccccn1. The largest absolute Gasteiger partial charge is 0.245 e. The number of aromatic nitrogens is 1. The molecule has 0 saturated carbocycles. The molecule has 0 aliphatic carbocycles. The van der Waals surface area contributed by atoms with E-state index in [-0.39, 0.29) is 0 Å². The molecule has 1 aromatic rings. The third kappa shape index (κ3) is 1.39. The minimum absolute atomic E-state index is 0.509. The van der Waals surface area contributed by atoms with Crippen molar-refractivity contribution in [3.8, 4) is 0 Å². The van der Waals surface area contributed by atoms with Crippen molar-refractivity contribution in [3.63, 3.8) is 0 Å². The molecule has 0 saturated heterocycles. The maximum Gasteiger partial charge on any atom is 0.134 e. The summed E-state index contributed by atoms with van der Waals surface area (Å²) in [5, 5.41) is 0. The summed E-state index contributed by atoms with van der Waals surface area (Å²) in [6.45, 7) is 0. The van der Waals surface area contributed by atoms with Crippen molar-refractivity contribution < 1.29 is 0 Å². The Bertz CT molecular complexity index is 199. The van der Waals surface area contributed by atoms with E-state index in [9.17, 15) is 0 Å². The van der Waals surface area contributed by atoms with Gasteiger partial charge in [-0.25, -0.2) is 4.98 Å². The fourth-order valence-electron chi connectivity index (χ4n) is 0.373. The fraction of sp³-hybridized carbons (Fsp3) is 0. The first-order valence-corrected chi connectivity index (χ1v) is 2.63. The molecule has 1 rings (SSSR count). The van der Waals surface area contributed by atoms with Crippen LogP contribution in [-0.4, -0.2) is 4.98 Å². The molecule has 0 aliphatic heterocycles. The summed E-state index contributed by atoms with van der Waals surface area (Å²) in [5.74, 6) is 0. The molecule has 0 unspecified atom stereocenters. The second-order valence-corrected chi connectivity index (χ2v) is 1.67. The summed E-state index contributed by atoms with van der Waals surface area (Å²) in [6, 6.07) is 8.16. The Morgan fingerprint density at radius 2 is 2.38 bits per heavy atom. The van der Waals surface area contributed by atoms with Crippen LogP contribution in [0.2, 0.25) is 0 Å². The van der Waals surface area contributed by atoms with E-state index in [4.69, 9.17) is 12.2 Å². The van der Waals surface area contributed by atoms with E-state index in [1.165, 1.54) is 0 Å². The van der Waals surface area contributed by atoms with Crippen LogP contribution in [0.4, 0.5) is 0 Å². The van der Waals surface area contributed by atoms with Gasteiger partial charge in [-0.1, -0.05) is 24.4 Å². The Morgan fingerprint density at radius 1 is 1.50 bits per heavy atom. The highest BCUT2D eigenvalue weighted by atomic mass is 32.1. The van der Waals surface area contributed by atoms with Gasteiger partial charge in [0.25, 0.3) is 0 Å². The molecule has 0 aliphatic rings. The van der Waals surface area contributed by atoms with E-state index >= 15 is 0 Å². The Morgan fingerprint density at radius 3 is 3.25 bits per heavy atom. The van der Waals surface area contributed by atoms with Gasteiger partial charge in [-0.15, -0.1) is 0 Å². The molecule has 1 radical (unpaired) electrons.